The van der Waals surface area contributed by atoms with Crippen LogP contribution in [-0.4, -0.2) is 52.8 Å². The van der Waals surface area contributed by atoms with Crippen LogP contribution in [0.2, 0.25) is 5.02 Å². The molecule has 7 heteroatoms. The average Bonchev–Trinajstić information content (AvgIpc) is 3.11. The Morgan fingerprint density at radius 3 is 2.72 bits per heavy atom. The van der Waals surface area contributed by atoms with Gasteiger partial charge >= 0.3 is 0 Å². The molecule has 1 spiro atoms. The third-order valence-corrected chi connectivity index (χ3v) is 7.19. The normalized spacial score (nSPS) is 29.9. The van der Waals surface area contributed by atoms with Crippen LogP contribution in [0.15, 0.2) is 23.5 Å². The molecular formula is C22H31ClN4O2. The van der Waals surface area contributed by atoms with Crippen molar-refractivity contribution in [3.63, 3.8) is 0 Å². The number of hydrogen-bond donors (Lipinski definition) is 0. The molecule has 1 atom stereocenters. The summed E-state index contributed by atoms with van der Waals surface area (Å²) < 4.78 is 0. The van der Waals surface area contributed by atoms with Crippen molar-refractivity contribution in [2.24, 2.45) is 17.0 Å². The number of carbonyl (C=O) groups is 1. The van der Waals surface area contributed by atoms with Crippen molar-refractivity contribution in [2.75, 3.05) is 24.5 Å². The number of hydrogen-bond acceptors (Lipinski definition) is 5. The maximum atomic E-state index is 13.2. The molecule has 29 heavy (non-hydrogen) atoms. The number of carbonyl (C=O) groups excluding carboxylic acids is 1. The van der Waals surface area contributed by atoms with Crippen LogP contribution in [0.1, 0.15) is 52.9 Å². The van der Waals surface area contributed by atoms with E-state index in [0.29, 0.717) is 42.7 Å². The lowest BCUT2D eigenvalue weighted by molar-refractivity contribution is -0.126. The number of nitrogens with zero attached hydrogens (tertiary/aromatic N) is 4. The van der Waals surface area contributed by atoms with Crippen LogP contribution in [0.4, 0.5) is 5.82 Å². The Kier molecular flexibility index (Phi) is 5.74. The van der Waals surface area contributed by atoms with Crippen LogP contribution < -0.4 is 4.90 Å². The maximum Gasteiger partial charge on any atom is 0.272 e. The number of piperazine rings is 1. The second-order valence-corrected chi connectivity index (χ2v) is 9.58. The Balaban J connectivity index is 1.36. The minimum Gasteiger partial charge on any atom is -0.388 e. The first-order chi connectivity index (χ1) is 13.9. The predicted octanol–water partition coefficient (Wildman–Crippen LogP) is 4.13. The van der Waals surface area contributed by atoms with Gasteiger partial charge in [-0.15, -0.1) is 0 Å². The third-order valence-electron chi connectivity index (χ3n) is 6.90. The Bertz CT molecular complexity index is 789. The number of oxime groups is 1. The monoisotopic (exact) mass is 418 g/mol. The van der Waals surface area contributed by atoms with E-state index in [2.05, 4.69) is 35.8 Å². The third kappa shape index (κ3) is 4.09. The van der Waals surface area contributed by atoms with E-state index in [9.17, 15) is 4.79 Å². The molecule has 0 aromatic carbocycles. The first-order valence-electron chi connectivity index (χ1n) is 10.8. The summed E-state index contributed by atoms with van der Waals surface area (Å²) in [5.41, 5.74) is 0.340. The molecule has 1 unspecified atom stereocenters. The van der Waals surface area contributed by atoms with Gasteiger partial charge in [0.05, 0.1) is 5.02 Å². The minimum atomic E-state index is -0.247. The fraction of sp³-hybridized carbons (Fsp3) is 0.682. The SMILES string of the molecule is CC(C)C1CCC2(CC1)CC(C(=O)N1CCN(c3ncccc3Cl)CC1C)=NO2. The molecule has 6 nitrogen and oxygen atoms in total. The highest BCUT2D eigenvalue weighted by Crippen LogP contribution is 2.43. The van der Waals surface area contributed by atoms with Crippen LogP contribution in [-0.2, 0) is 9.63 Å². The van der Waals surface area contributed by atoms with Crippen LogP contribution >= 0.6 is 11.6 Å². The van der Waals surface area contributed by atoms with Crippen LogP contribution in [0.25, 0.3) is 0 Å². The van der Waals surface area contributed by atoms with E-state index in [1.165, 1.54) is 0 Å². The molecule has 1 aromatic heterocycles. The molecule has 2 aliphatic heterocycles. The zero-order valence-corrected chi connectivity index (χ0v) is 18.4. The highest BCUT2D eigenvalue weighted by molar-refractivity contribution is 6.39. The van der Waals surface area contributed by atoms with Crippen LogP contribution in [0.3, 0.4) is 0 Å². The van der Waals surface area contributed by atoms with Crippen molar-refractivity contribution in [1.29, 1.82) is 0 Å². The largest absolute Gasteiger partial charge is 0.388 e. The standard InChI is InChI=1S/C22H31ClN4O2/c1-15(2)17-6-8-22(9-7-17)13-19(25-29-22)21(28)27-12-11-26(14-16(27)3)20-18(23)5-4-10-24-20/h4-5,10,15-17H,6-9,11-14H2,1-3H3. The number of amides is 1. The Morgan fingerprint density at radius 2 is 2.07 bits per heavy atom. The number of aromatic nitrogens is 1. The lowest BCUT2D eigenvalue weighted by Crippen LogP contribution is -2.56. The molecule has 2 fully saturated rings. The summed E-state index contributed by atoms with van der Waals surface area (Å²) >= 11 is 6.30. The van der Waals surface area contributed by atoms with Crippen molar-refractivity contribution in [3.8, 4) is 0 Å². The van der Waals surface area contributed by atoms with Crippen molar-refractivity contribution in [3.05, 3.63) is 23.4 Å². The van der Waals surface area contributed by atoms with Gasteiger partial charge in [-0.25, -0.2) is 4.98 Å². The Morgan fingerprint density at radius 1 is 1.31 bits per heavy atom. The number of rotatable bonds is 3. The second-order valence-electron chi connectivity index (χ2n) is 9.17. The molecular weight excluding hydrogens is 388 g/mol. The topological polar surface area (TPSA) is 58.0 Å². The number of anilines is 1. The fourth-order valence-electron chi connectivity index (χ4n) is 4.96. The van der Waals surface area contributed by atoms with E-state index in [-0.39, 0.29) is 17.6 Å². The van der Waals surface area contributed by atoms with Gasteiger partial charge in [-0.1, -0.05) is 30.6 Å². The minimum absolute atomic E-state index is 0.0205. The average molecular weight is 419 g/mol. The first-order valence-corrected chi connectivity index (χ1v) is 11.2. The highest BCUT2D eigenvalue weighted by atomic mass is 35.5. The van der Waals surface area contributed by atoms with Gasteiger partial charge in [-0.05, 0) is 56.6 Å². The van der Waals surface area contributed by atoms with Crippen molar-refractivity contribution < 1.29 is 9.63 Å². The number of pyridine rings is 1. The summed E-state index contributed by atoms with van der Waals surface area (Å²) in [6.45, 7) is 8.71. The molecule has 1 amide bonds. The van der Waals surface area contributed by atoms with Gasteiger partial charge in [0.2, 0.25) is 0 Å². The molecule has 3 heterocycles. The highest BCUT2D eigenvalue weighted by Gasteiger charge is 2.45. The maximum absolute atomic E-state index is 13.2. The van der Waals surface area contributed by atoms with E-state index in [1.54, 1.807) is 6.20 Å². The smallest absolute Gasteiger partial charge is 0.272 e. The van der Waals surface area contributed by atoms with Gasteiger partial charge in [0, 0.05) is 38.3 Å². The van der Waals surface area contributed by atoms with Crippen molar-refractivity contribution >= 4 is 29.0 Å². The summed E-state index contributed by atoms with van der Waals surface area (Å²) in [6, 6.07) is 3.74. The van der Waals surface area contributed by atoms with E-state index < -0.39 is 0 Å². The molecule has 3 aliphatic rings. The molecule has 1 aliphatic carbocycles. The zero-order chi connectivity index (χ0) is 20.6. The van der Waals surface area contributed by atoms with Gasteiger partial charge in [0.15, 0.2) is 0 Å². The summed E-state index contributed by atoms with van der Waals surface area (Å²) in [5.74, 6) is 2.28. The number of halogens is 1. The Hall–Kier alpha value is -1.82. The second kappa shape index (κ2) is 8.13. The molecule has 158 valence electrons. The molecule has 1 aromatic rings. The molecule has 0 radical (unpaired) electrons. The van der Waals surface area contributed by atoms with E-state index in [0.717, 1.165) is 37.4 Å². The van der Waals surface area contributed by atoms with Crippen LogP contribution in [0, 0.1) is 11.8 Å². The van der Waals surface area contributed by atoms with Gasteiger partial charge in [0.1, 0.15) is 17.1 Å². The van der Waals surface area contributed by atoms with Gasteiger partial charge < -0.3 is 14.6 Å². The van der Waals surface area contributed by atoms with E-state index in [1.807, 2.05) is 17.0 Å². The quantitative estimate of drug-likeness (QED) is 0.740. The predicted molar refractivity (Wildman–Crippen MR) is 115 cm³/mol. The molecule has 4 rings (SSSR count). The van der Waals surface area contributed by atoms with Crippen molar-refractivity contribution in [2.45, 2.75) is 64.5 Å². The molecule has 1 saturated carbocycles. The van der Waals surface area contributed by atoms with Crippen LogP contribution in [0.5, 0.6) is 0 Å². The van der Waals surface area contributed by atoms with Gasteiger partial charge in [-0.3, -0.25) is 4.79 Å². The van der Waals surface area contributed by atoms with E-state index in [4.69, 9.17) is 16.4 Å². The Labute approximate surface area is 178 Å². The summed E-state index contributed by atoms with van der Waals surface area (Å²) in [6.07, 6.45) is 6.72. The van der Waals surface area contributed by atoms with E-state index >= 15 is 0 Å². The summed E-state index contributed by atoms with van der Waals surface area (Å²) in [4.78, 5) is 27.5. The fourth-order valence-corrected chi connectivity index (χ4v) is 5.21. The first kappa shape index (κ1) is 20.5. The summed E-state index contributed by atoms with van der Waals surface area (Å²) in [7, 11) is 0. The lowest BCUT2D eigenvalue weighted by atomic mass is 9.73. The zero-order valence-electron chi connectivity index (χ0n) is 17.6. The lowest BCUT2D eigenvalue weighted by Gasteiger charge is -2.40. The summed E-state index contributed by atoms with van der Waals surface area (Å²) in [5, 5.41) is 4.91. The molecule has 0 bridgehead atoms. The van der Waals surface area contributed by atoms with Gasteiger partial charge in [-0.2, -0.15) is 0 Å². The van der Waals surface area contributed by atoms with Gasteiger partial charge in [0.25, 0.3) is 5.91 Å². The van der Waals surface area contributed by atoms with Crippen molar-refractivity contribution in [1.82, 2.24) is 9.88 Å². The molecule has 1 saturated heterocycles. The molecule has 0 N–H and O–H groups in total.